The fraction of sp³-hybridized carbons (Fsp3) is 0.667. The molecule has 0 bridgehead atoms. The molecule has 1 aliphatic carbocycles. The van der Waals surface area contributed by atoms with E-state index in [0.717, 1.165) is 49.6 Å². The van der Waals surface area contributed by atoms with Crippen LogP contribution in [0, 0.1) is 5.41 Å². The minimum atomic E-state index is -0.920. The molecule has 5 nitrogen and oxygen atoms in total. The predicted octanol–water partition coefficient (Wildman–Crippen LogP) is 3.94. The average molecular weight is 347 g/mol. The first-order chi connectivity index (χ1) is 11.2. The number of carboxylic acid groups (broad SMARTS) is 1. The van der Waals surface area contributed by atoms with Crippen molar-refractivity contribution in [3.63, 3.8) is 0 Å². The number of carbonyl (C=O) groups is 1. The van der Waals surface area contributed by atoms with Gasteiger partial charge in [0.25, 0.3) is 0 Å². The summed E-state index contributed by atoms with van der Waals surface area (Å²) in [5.74, 6) is -0.114. The predicted molar refractivity (Wildman–Crippen MR) is 96.6 cm³/mol. The average Bonchev–Trinajstić information content (AvgIpc) is 3.11. The van der Waals surface area contributed by atoms with Crippen LogP contribution in [0.25, 0.3) is 4.96 Å². The molecular formula is C18H25N3O2S. The van der Waals surface area contributed by atoms with Crippen LogP contribution in [-0.2, 0) is 11.8 Å². The molecule has 0 unspecified atom stereocenters. The Hall–Kier alpha value is -1.56. The van der Waals surface area contributed by atoms with Gasteiger partial charge in [-0.25, -0.2) is 9.78 Å². The number of hydrogen-bond acceptors (Lipinski definition) is 4. The van der Waals surface area contributed by atoms with Gasteiger partial charge in [-0.15, -0.1) is 11.3 Å². The van der Waals surface area contributed by atoms with Gasteiger partial charge in [-0.1, -0.05) is 27.7 Å². The fourth-order valence-electron chi connectivity index (χ4n) is 4.80. The third kappa shape index (κ3) is 2.26. The summed E-state index contributed by atoms with van der Waals surface area (Å²) in [7, 11) is 0. The van der Waals surface area contributed by atoms with Crippen molar-refractivity contribution in [2.45, 2.75) is 58.8 Å². The lowest BCUT2D eigenvalue weighted by Crippen LogP contribution is -2.34. The molecule has 3 heterocycles. The highest BCUT2D eigenvalue weighted by atomic mass is 32.1. The quantitative estimate of drug-likeness (QED) is 0.894. The summed E-state index contributed by atoms with van der Waals surface area (Å²) in [6.07, 6.45) is 4.36. The van der Waals surface area contributed by atoms with E-state index in [4.69, 9.17) is 0 Å². The highest BCUT2D eigenvalue weighted by Crippen LogP contribution is 2.50. The van der Waals surface area contributed by atoms with Crippen molar-refractivity contribution < 1.29 is 9.90 Å². The highest BCUT2D eigenvalue weighted by molar-refractivity contribution is 7.17. The van der Waals surface area contributed by atoms with Crippen LogP contribution in [0.2, 0.25) is 0 Å². The maximum Gasteiger partial charge on any atom is 0.358 e. The van der Waals surface area contributed by atoms with Crippen molar-refractivity contribution in [2.75, 3.05) is 18.0 Å². The Labute approximate surface area is 146 Å². The lowest BCUT2D eigenvalue weighted by Gasteiger charge is -2.40. The Morgan fingerprint density at radius 1 is 1.21 bits per heavy atom. The number of aromatic carboxylic acids is 1. The molecule has 0 atom stereocenters. The van der Waals surface area contributed by atoms with E-state index in [1.54, 1.807) is 11.3 Å². The monoisotopic (exact) mass is 347 g/mol. The van der Waals surface area contributed by atoms with Crippen molar-refractivity contribution in [3.8, 4) is 0 Å². The van der Waals surface area contributed by atoms with Gasteiger partial charge in [-0.2, -0.15) is 0 Å². The zero-order valence-corrected chi connectivity index (χ0v) is 15.7. The molecule has 1 fully saturated rings. The first-order valence-corrected chi connectivity index (χ1v) is 9.54. The van der Waals surface area contributed by atoms with Crippen LogP contribution in [0.5, 0.6) is 0 Å². The lowest BCUT2D eigenvalue weighted by molar-refractivity contribution is 0.0692. The molecule has 0 saturated carbocycles. The van der Waals surface area contributed by atoms with Crippen LogP contribution in [0.1, 0.15) is 68.0 Å². The summed E-state index contributed by atoms with van der Waals surface area (Å²) in [6, 6.07) is 0. The van der Waals surface area contributed by atoms with Crippen molar-refractivity contribution in [1.82, 2.24) is 9.38 Å². The molecule has 130 valence electrons. The molecule has 0 amide bonds. The minimum Gasteiger partial charge on any atom is -0.476 e. The summed E-state index contributed by atoms with van der Waals surface area (Å²) in [4.78, 5) is 20.7. The van der Waals surface area contributed by atoms with Gasteiger partial charge in [0.15, 0.2) is 10.7 Å². The van der Waals surface area contributed by atoms with Crippen LogP contribution in [0.15, 0.2) is 0 Å². The van der Waals surface area contributed by atoms with E-state index >= 15 is 0 Å². The largest absolute Gasteiger partial charge is 0.476 e. The number of rotatable bonds is 2. The number of aromatic nitrogens is 2. The van der Waals surface area contributed by atoms with Gasteiger partial charge in [0, 0.05) is 29.1 Å². The molecule has 4 rings (SSSR count). The zero-order chi connectivity index (χ0) is 17.3. The van der Waals surface area contributed by atoms with Crippen LogP contribution in [0.4, 0.5) is 5.82 Å². The van der Waals surface area contributed by atoms with Crippen LogP contribution in [0.3, 0.4) is 0 Å². The summed E-state index contributed by atoms with van der Waals surface area (Å²) >= 11 is 1.68. The SMILES string of the molecule is CC1(C)Cc2c(sc3nc(C(=O)O)c(N4CCCC4)n23)C(C)(C)C1. The standard InChI is InChI=1S/C18H25N3O2S/c1-17(2)9-11-13(18(3,4)10-17)24-16-19-12(15(22)23)14(21(11)16)20-7-5-6-8-20/h5-10H2,1-4H3,(H,22,23). The van der Waals surface area contributed by atoms with Gasteiger partial charge < -0.3 is 10.0 Å². The third-order valence-corrected chi connectivity index (χ3v) is 6.79. The number of fused-ring (bicyclic) bond motifs is 3. The first kappa shape index (κ1) is 15.9. The van der Waals surface area contributed by atoms with E-state index in [1.165, 1.54) is 10.6 Å². The second-order valence-electron chi connectivity index (χ2n) is 8.68. The Morgan fingerprint density at radius 2 is 1.88 bits per heavy atom. The molecule has 1 aliphatic heterocycles. The number of hydrogen-bond donors (Lipinski definition) is 1. The van der Waals surface area contributed by atoms with Gasteiger partial charge in [0.2, 0.25) is 0 Å². The Morgan fingerprint density at radius 3 is 2.50 bits per heavy atom. The smallest absolute Gasteiger partial charge is 0.358 e. The first-order valence-electron chi connectivity index (χ1n) is 8.72. The van der Waals surface area contributed by atoms with Gasteiger partial charge in [0.1, 0.15) is 5.82 Å². The van der Waals surface area contributed by atoms with E-state index in [1.807, 2.05) is 0 Å². The third-order valence-electron chi connectivity index (χ3n) is 5.34. The summed E-state index contributed by atoms with van der Waals surface area (Å²) in [5, 5.41) is 9.66. The second-order valence-corrected chi connectivity index (χ2v) is 9.66. The van der Waals surface area contributed by atoms with Gasteiger partial charge >= 0.3 is 5.97 Å². The molecule has 1 N–H and O–H groups in total. The summed E-state index contributed by atoms with van der Waals surface area (Å²) < 4.78 is 2.16. The fourth-order valence-corrected chi connectivity index (χ4v) is 6.04. The molecule has 6 heteroatoms. The molecule has 2 aliphatic rings. The van der Waals surface area contributed by atoms with E-state index in [-0.39, 0.29) is 16.5 Å². The molecule has 2 aromatic heterocycles. The van der Waals surface area contributed by atoms with Gasteiger partial charge in [-0.3, -0.25) is 4.40 Å². The van der Waals surface area contributed by atoms with Crippen LogP contribution in [-0.4, -0.2) is 33.6 Å². The molecule has 0 spiro atoms. The van der Waals surface area contributed by atoms with E-state index in [0.29, 0.717) is 0 Å². The Kier molecular flexibility index (Phi) is 3.30. The molecule has 0 radical (unpaired) electrons. The van der Waals surface area contributed by atoms with E-state index in [9.17, 15) is 9.90 Å². The van der Waals surface area contributed by atoms with E-state index < -0.39 is 5.97 Å². The topological polar surface area (TPSA) is 57.8 Å². The minimum absolute atomic E-state index is 0.105. The van der Waals surface area contributed by atoms with E-state index in [2.05, 4.69) is 42.0 Å². The summed E-state index contributed by atoms with van der Waals surface area (Å²) in [5.41, 5.74) is 1.81. The number of thiazole rings is 1. The number of imidazole rings is 1. The Bertz CT molecular complexity index is 825. The maximum absolute atomic E-state index is 11.8. The Balaban J connectivity index is 2.00. The second kappa shape index (κ2) is 4.97. The number of nitrogens with zero attached hydrogens (tertiary/aromatic N) is 3. The number of carboxylic acids is 1. The van der Waals surface area contributed by atoms with Crippen LogP contribution < -0.4 is 4.90 Å². The van der Waals surface area contributed by atoms with Crippen LogP contribution >= 0.6 is 11.3 Å². The van der Waals surface area contributed by atoms with Crippen molar-refractivity contribution in [1.29, 1.82) is 0 Å². The zero-order valence-electron chi connectivity index (χ0n) is 14.8. The van der Waals surface area contributed by atoms with Crippen molar-refractivity contribution in [2.24, 2.45) is 5.41 Å². The van der Waals surface area contributed by atoms with Gasteiger partial charge in [-0.05, 0) is 31.1 Å². The number of anilines is 1. The maximum atomic E-state index is 11.8. The van der Waals surface area contributed by atoms with Crippen molar-refractivity contribution >= 4 is 28.1 Å². The highest BCUT2D eigenvalue weighted by Gasteiger charge is 2.42. The van der Waals surface area contributed by atoms with Gasteiger partial charge in [0.05, 0.1) is 0 Å². The molecule has 24 heavy (non-hydrogen) atoms. The lowest BCUT2D eigenvalue weighted by atomic mass is 9.67. The molecular weight excluding hydrogens is 322 g/mol. The normalized spacial score (nSPS) is 22.1. The molecule has 1 saturated heterocycles. The molecule has 0 aromatic carbocycles. The van der Waals surface area contributed by atoms with Crippen molar-refractivity contribution in [3.05, 3.63) is 16.3 Å². The molecule has 2 aromatic rings. The summed E-state index contributed by atoms with van der Waals surface area (Å²) in [6.45, 7) is 11.1.